The molecule has 0 saturated carbocycles. The third kappa shape index (κ3) is 72.7. The molecule has 0 aromatic heterocycles. The summed E-state index contributed by atoms with van der Waals surface area (Å²) < 4.78 is 0. The first-order valence-electron chi connectivity index (χ1n) is 53.7. The maximum absolute atomic E-state index is 12.4. The van der Waals surface area contributed by atoms with Crippen molar-refractivity contribution in [2.75, 3.05) is 0 Å². The largest absolute Gasteiger partial charge is 0.481 e. The summed E-state index contributed by atoms with van der Waals surface area (Å²) in [6, 6.07) is 0. The van der Waals surface area contributed by atoms with Crippen LogP contribution in [0.3, 0.4) is 0 Å². The summed E-state index contributed by atoms with van der Waals surface area (Å²) in [6.45, 7) is 38.3. The van der Waals surface area contributed by atoms with Crippen molar-refractivity contribution in [3.63, 3.8) is 0 Å². The second kappa shape index (κ2) is 82.9. The average Bonchev–Trinajstić information content (AvgIpc) is 0.790. The van der Waals surface area contributed by atoms with Crippen LogP contribution in [0.15, 0.2) is 25.3 Å². The van der Waals surface area contributed by atoms with Gasteiger partial charge in [0.05, 0.1) is 10.8 Å². The Balaban J connectivity index is -0.000000801. The summed E-state index contributed by atoms with van der Waals surface area (Å²) in [5.74, 6) is -7.25. The fourth-order valence-corrected chi connectivity index (χ4v) is 18.6. The highest BCUT2D eigenvalue weighted by Gasteiger charge is 2.50. The summed E-state index contributed by atoms with van der Waals surface area (Å²) in [6.07, 6.45) is 85.4. The quantitative estimate of drug-likeness (QED) is 0.0159. The number of hydrogen-bond acceptors (Lipinski definition) is 8. The van der Waals surface area contributed by atoms with Crippen molar-refractivity contribution in [1.29, 1.82) is 0 Å². The molecular weight excluding hydrogens is 1600 g/mol. The third-order valence-corrected chi connectivity index (χ3v) is 27.8. The molecule has 0 radical (unpaired) electrons. The Labute approximate surface area is 789 Å². The fraction of sp³-hybridized carbons (Fsp3) is 0.893. The van der Waals surface area contributed by atoms with E-state index in [1.807, 2.05) is 12.2 Å². The zero-order valence-corrected chi connectivity index (χ0v) is 86.6. The van der Waals surface area contributed by atoms with Crippen LogP contribution < -0.4 is 0 Å². The van der Waals surface area contributed by atoms with Crippen molar-refractivity contribution in [3.05, 3.63) is 25.3 Å². The lowest BCUT2D eigenvalue weighted by molar-refractivity contribution is -0.168. The number of allylic oxidation sites excluding steroid dienone is 2. The molecule has 0 aromatic rings. The van der Waals surface area contributed by atoms with Gasteiger partial charge in [-0.2, -0.15) is 0 Å². The van der Waals surface area contributed by atoms with Crippen LogP contribution in [0.4, 0.5) is 0 Å². The topological polar surface area (TPSA) is 298 Å². The molecule has 0 aliphatic heterocycles. The van der Waals surface area contributed by atoms with E-state index < -0.39 is 69.4 Å². The zero-order valence-electron chi connectivity index (χ0n) is 86.6. The predicted molar refractivity (Wildman–Crippen MR) is 541 cm³/mol. The van der Waals surface area contributed by atoms with E-state index in [1.165, 1.54) is 212 Å². The van der Waals surface area contributed by atoms with Crippen molar-refractivity contribution in [1.82, 2.24) is 0 Å². The highest BCUT2D eigenvalue weighted by Crippen LogP contribution is 2.49. The second-order valence-electron chi connectivity index (χ2n) is 43.6. The maximum atomic E-state index is 12.4. The number of aliphatic carboxylic acids is 8. The highest BCUT2D eigenvalue weighted by molar-refractivity contribution is 5.98. The van der Waals surface area contributed by atoms with E-state index in [4.69, 9.17) is 10.2 Å². The van der Waals surface area contributed by atoms with Gasteiger partial charge in [-0.25, -0.2) is 0 Å². The average molecular weight is 1810 g/mol. The normalized spacial score (nSPS) is 12.9. The number of carbonyl (C=O) groups is 8. The van der Waals surface area contributed by atoms with Gasteiger partial charge in [0, 0.05) is 12.8 Å². The van der Waals surface area contributed by atoms with Crippen LogP contribution in [0, 0.1) is 43.3 Å². The fourth-order valence-electron chi connectivity index (χ4n) is 18.6. The lowest BCUT2D eigenvalue weighted by Gasteiger charge is -2.42. The van der Waals surface area contributed by atoms with Gasteiger partial charge in [-0.3, -0.25) is 38.4 Å². The molecule has 0 amide bonds. The van der Waals surface area contributed by atoms with E-state index >= 15 is 0 Å². The first kappa shape index (κ1) is 130. The van der Waals surface area contributed by atoms with Crippen LogP contribution in [0.1, 0.15) is 598 Å². The Morgan fingerprint density at radius 3 is 0.484 bits per heavy atom. The van der Waals surface area contributed by atoms with E-state index in [1.54, 1.807) is 0 Å². The first-order chi connectivity index (χ1) is 60.7. The second-order valence-corrected chi connectivity index (χ2v) is 43.6. The summed E-state index contributed by atoms with van der Waals surface area (Å²) in [4.78, 5) is 93.4. The number of rotatable bonds is 88. The summed E-state index contributed by atoms with van der Waals surface area (Å²) in [5.41, 5.74) is -4.07. The van der Waals surface area contributed by atoms with Gasteiger partial charge < -0.3 is 40.9 Å². The van der Waals surface area contributed by atoms with E-state index in [9.17, 15) is 69.0 Å². The van der Waals surface area contributed by atoms with Gasteiger partial charge in [0.25, 0.3) is 0 Å². The van der Waals surface area contributed by atoms with Crippen LogP contribution in [0.5, 0.6) is 0 Å². The van der Waals surface area contributed by atoms with E-state index in [-0.39, 0.29) is 49.4 Å². The predicted octanol–water partition coefficient (Wildman–Crippen LogP) is 35.6. The molecule has 0 fully saturated rings. The Morgan fingerprint density at radius 2 is 0.344 bits per heavy atom. The Morgan fingerprint density at radius 1 is 0.195 bits per heavy atom. The molecule has 0 aromatic carbocycles. The lowest BCUT2D eigenvalue weighted by Crippen LogP contribution is -2.43. The molecular formula is C112H212O16. The highest BCUT2D eigenvalue weighted by atomic mass is 16.4. The molecule has 0 aliphatic rings. The van der Waals surface area contributed by atoms with Crippen LogP contribution in [-0.2, 0) is 38.4 Å². The van der Waals surface area contributed by atoms with Gasteiger partial charge in [-0.1, -0.05) is 494 Å². The molecule has 0 aliphatic carbocycles. The zero-order chi connectivity index (χ0) is 97.2. The number of unbranched alkanes of at least 4 members (excludes halogenated alkanes) is 58. The molecule has 128 heavy (non-hydrogen) atoms. The molecule has 8 N–H and O–H groups in total. The van der Waals surface area contributed by atoms with Gasteiger partial charge in [0.2, 0.25) is 0 Å². The smallest absolute Gasteiger partial charge is 0.321 e. The molecule has 2 unspecified atom stereocenters. The molecule has 16 nitrogen and oxygen atoms in total. The number of carboxylic acids is 8. The Kier molecular flexibility index (Phi) is 83.9. The van der Waals surface area contributed by atoms with Gasteiger partial charge in [-0.05, 0) is 124 Å². The molecule has 0 rings (SSSR count). The maximum Gasteiger partial charge on any atom is 0.321 e. The van der Waals surface area contributed by atoms with E-state index in [0.717, 1.165) is 225 Å². The third-order valence-electron chi connectivity index (χ3n) is 27.8. The molecule has 2 atom stereocenters. The lowest BCUT2D eigenvalue weighted by atomic mass is 9.61. The number of carboxylic acid groups (broad SMARTS) is 8. The number of hydrogen-bond donors (Lipinski definition) is 8. The molecule has 0 saturated heterocycles. The molecule has 0 spiro atoms. The monoisotopic (exact) mass is 1810 g/mol. The van der Waals surface area contributed by atoms with Crippen LogP contribution in [-0.4, -0.2) is 88.6 Å². The van der Waals surface area contributed by atoms with Crippen molar-refractivity contribution in [2.24, 2.45) is 43.3 Å². The van der Waals surface area contributed by atoms with Gasteiger partial charge in [-0.15, -0.1) is 13.2 Å². The van der Waals surface area contributed by atoms with E-state index in [0.29, 0.717) is 36.5 Å². The van der Waals surface area contributed by atoms with Gasteiger partial charge in [0.15, 0.2) is 10.8 Å². The molecule has 0 bridgehead atoms. The summed E-state index contributed by atoms with van der Waals surface area (Å²) in [5, 5.41) is 76.6. The Bertz CT molecular complexity index is 2660. The van der Waals surface area contributed by atoms with Crippen molar-refractivity contribution in [3.8, 4) is 0 Å². The minimum absolute atomic E-state index is 0.233. The van der Waals surface area contributed by atoms with Crippen LogP contribution in [0.25, 0.3) is 0 Å². The Hall–Kier alpha value is -4.76. The minimum Gasteiger partial charge on any atom is -0.481 e. The first-order valence-corrected chi connectivity index (χ1v) is 53.7. The molecule has 756 valence electrons. The SMILES string of the molecule is C=CCCCCCCCCCC(CCCCCCCCCCC(=O)O)(C(=O)O)C(C)(C)C.C=CCCCCCCCCCC(CCCCCCCCCCC(C)(C)C)(C(=O)O)C(=O)O.CCCCCCCCCCCC(CCCCCCCCCCC(=O)O)(C(=O)O)C(C)(C)C.CCCCCCCCCCCC(CCCCCCCCCCC(C)(C)C)(C(=O)O)C(=O)O. The van der Waals surface area contributed by atoms with Crippen LogP contribution in [0.2, 0.25) is 0 Å². The van der Waals surface area contributed by atoms with E-state index in [2.05, 4.69) is 110 Å². The van der Waals surface area contributed by atoms with Gasteiger partial charge >= 0.3 is 47.8 Å². The summed E-state index contributed by atoms with van der Waals surface area (Å²) >= 11 is 0. The van der Waals surface area contributed by atoms with Crippen molar-refractivity contribution >= 4 is 47.8 Å². The minimum atomic E-state index is -1.60. The standard InChI is InChI=1S/C28H54O4.C28H52O4.C28H54O4.C28H52O4/c2*1-5-6-7-8-9-11-14-17-20-23-28(26(31)32,27(2,3)4)24-21-18-15-12-10-13-16-19-22-25(29)30;2*1-5-6-7-8-9-10-14-17-20-23-28(25(29)30,26(31)32)24-21-18-15-12-11-13-16-19-22-27(2,3)4/h5-24H2,1-4H3,(H,29,30)(H,31,32);5H,1,6-24H2,2-4H3,(H,29,30)(H,31,32);5-24H2,1-4H3,(H,29,30)(H,31,32);5H,1,6-24H2,2-4H3,(H,29,30)(H,31,32). The van der Waals surface area contributed by atoms with Crippen LogP contribution >= 0.6 is 0 Å². The van der Waals surface area contributed by atoms with Gasteiger partial charge in [0.1, 0.15) is 0 Å². The molecule has 16 heteroatoms. The summed E-state index contributed by atoms with van der Waals surface area (Å²) in [7, 11) is 0. The van der Waals surface area contributed by atoms with Crippen molar-refractivity contribution in [2.45, 2.75) is 598 Å². The van der Waals surface area contributed by atoms with Crippen molar-refractivity contribution < 1.29 is 79.2 Å². The molecule has 0 heterocycles.